The largest absolute Gasteiger partial charge is 0.497 e. The monoisotopic (exact) mass is 388 g/mol. The number of carbonyl (C=O) groups excluding carboxylic acids is 2. The van der Waals surface area contributed by atoms with Gasteiger partial charge in [0.1, 0.15) is 5.75 Å². The second-order valence-corrected chi connectivity index (χ2v) is 7.97. The zero-order chi connectivity index (χ0) is 19.9. The van der Waals surface area contributed by atoms with Crippen LogP contribution in [0.15, 0.2) is 24.3 Å². The van der Waals surface area contributed by atoms with Crippen LogP contribution in [0.25, 0.3) is 0 Å². The highest BCUT2D eigenvalue weighted by molar-refractivity contribution is 5.83. The number of hydrogen-bond acceptors (Lipinski definition) is 4. The van der Waals surface area contributed by atoms with E-state index in [1.54, 1.807) is 7.11 Å². The minimum Gasteiger partial charge on any atom is -0.497 e. The first-order valence-electron chi connectivity index (χ1n) is 10.3. The van der Waals surface area contributed by atoms with E-state index in [0.29, 0.717) is 31.8 Å². The minimum absolute atomic E-state index is 0.108. The van der Waals surface area contributed by atoms with Gasteiger partial charge in [0.25, 0.3) is 0 Å². The van der Waals surface area contributed by atoms with E-state index in [1.165, 1.54) is 0 Å². The lowest BCUT2D eigenvalue weighted by Crippen LogP contribution is -2.46. The molecule has 0 aromatic heterocycles. The van der Waals surface area contributed by atoms with Crippen molar-refractivity contribution in [1.29, 1.82) is 0 Å². The average molecular weight is 389 g/mol. The molecule has 0 N–H and O–H groups in total. The Labute approximate surface area is 167 Å². The number of hydrogen-bond donors (Lipinski definition) is 0. The van der Waals surface area contributed by atoms with Gasteiger partial charge in [-0.1, -0.05) is 12.1 Å². The summed E-state index contributed by atoms with van der Waals surface area (Å²) in [4.78, 5) is 29.0. The SMILES string of the molecule is COc1cccc(CN2C[C@@H](C(=O)N(C)CCC3CCOCC3)CCC2=O)c1. The van der Waals surface area contributed by atoms with Gasteiger partial charge in [0.2, 0.25) is 11.8 Å². The summed E-state index contributed by atoms with van der Waals surface area (Å²) in [5, 5.41) is 0. The smallest absolute Gasteiger partial charge is 0.227 e. The number of nitrogens with zero attached hydrogens (tertiary/aromatic N) is 2. The van der Waals surface area contributed by atoms with Gasteiger partial charge in [-0.2, -0.15) is 0 Å². The molecule has 6 heteroatoms. The molecule has 2 aliphatic heterocycles. The maximum Gasteiger partial charge on any atom is 0.227 e. The molecule has 3 rings (SSSR count). The molecule has 1 aromatic carbocycles. The number of ether oxygens (including phenoxy) is 2. The maximum absolute atomic E-state index is 12.9. The standard InChI is InChI=1S/C22H32N2O4/c1-23(11-8-17-9-12-28-13-10-17)22(26)19-6-7-21(25)24(16-19)15-18-4-3-5-20(14-18)27-2/h3-5,14,17,19H,6-13,15-16H2,1-2H3/t19-/m0/s1. The third-order valence-electron chi connectivity index (χ3n) is 5.95. The van der Waals surface area contributed by atoms with Crippen LogP contribution in [-0.4, -0.2) is 62.1 Å². The summed E-state index contributed by atoms with van der Waals surface area (Å²) in [7, 11) is 3.53. The maximum atomic E-state index is 12.9. The van der Waals surface area contributed by atoms with Crippen LogP contribution in [0.1, 0.15) is 37.7 Å². The second-order valence-electron chi connectivity index (χ2n) is 7.97. The number of benzene rings is 1. The van der Waals surface area contributed by atoms with E-state index in [1.807, 2.05) is 41.1 Å². The zero-order valence-corrected chi connectivity index (χ0v) is 17.1. The molecule has 0 spiro atoms. The van der Waals surface area contributed by atoms with E-state index in [9.17, 15) is 9.59 Å². The van der Waals surface area contributed by atoms with Gasteiger partial charge in [0.15, 0.2) is 0 Å². The Bertz CT molecular complexity index is 672. The van der Waals surface area contributed by atoms with Gasteiger partial charge in [-0.25, -0.2) is 0 Å². The summed E-state index contributed by atoms with van der Waals surface area (Å²) in [5.41, 5.74) is 1.02. The van der Waals surface area contributed by atoms with Crippen molar-refractivity contribution in [3.63, 3.8) is 0 Å². The molecule has 0 radical (unpaired) electrons. The van der Waals surface area contributed by atoms with Gasteiger partial charge < -0.3 is 19.3 Å². The van der Waals surface area contributed by atoms with Crippen LogP contribution in [0, 0.1) is 11.8 Å². The third-order valence-corrected chi connectivity index (χ3v) is 5.95. The molecule has 6 nitrogen and oxygen atoms in total. The Morgan fingerprint density at radius 1 is 1.29 bits per heavy atom. The summed E-state index contributed by atoms with van der Waals surface area (Å²) in [6, 6.07) is 7.75. The van der Waals surface area contributed by atoms with Crippen LogP contribution in [0.4, 0.5) is 0 Å². The van der Waals surface area contributed by atoms with Crippen LogP contribution < -0.4 is 4.74 Å². The quantitative estimate of drug-likeness (QED) is 0.721. The number of rotatable bonds is 7. The van der Waals surface area contributed by atoms with Gasteiger partial charge in [-0.3, -0.25) is 9.59 Å². The Balaban J connectivity index is 1.53. The number of carbonyl (C=O) groups is 2. The van der Waals surface area contributed by atoms with Crippen molar-refractivity contribution < 1.29 is 19.1 Å². The molecular weight excluding hydrogens is 356 g/mol. The Morgan fingerprint density at radius 2 is 2.07 bits per heavy atom. The molecule has 28 heavy (non-hydrogen) atoms. The lowest BCUT2D eigenvalue weighted by molar-refractivity contribution is -0.142. The fourth-order valence-electron chi connectivity index (χ4n) is 4.09. The van der Waals surface area contributed by atoms with Crippen molar-refractivity contribution in [3.05, 3.63) is 29.8 Å². The summed E-state index contributed by atoms with van der Waals surface area (Å²) in [6.07, 6.45) is 4.30. The molecule has 0 saturated carbocycles. The molecule has 0 unspecified atom stereocenters. The Hall–Kier alpha value is -2.08. The molecule has 2 saturated heterocycles. The van der Waals surface area contributed by atoms with Crippen LogP contribution in [0.5, 0.6) is 5.75 Å². The van der Waals surface area contributed by atoms with Crippen molar-refractivity contribution >= 4 is 11.8 Å². The van der Waals surface area contributed by atoms with Crippen LogP contribution in [-0.2, 0) is 20.9 Å². The first kappa shape index (κ1) is 20.6. The summed E-state index contributed by atoms with van der Waals surface area (Å²) in [5.74, 6) is 1.61. The molecule has 0 bridgehead atoms. The van der Waals surface area contributed by atoms with Gasteiger partial charge in [0.05, 0.1) is 13.0 Å². The molecule has 2 amide bonds. The van der Waals surface area contributed by atoms with E-state index in [-0.39, 0.29) is 17.7 Å². The molecule has 154 valence electrons. The van der Waals surface area contributed by atoms with Crippen molar-refractivity contribution in [2.75, 3.05) is 40.5 Å². The molecule has 2 aliphatic rings. The van der Waals surface area contributed by atoms with Crippen molar-refractivity contribution in [1.82, 2.24) is 9.80 Å². The molecule has 1 atom stereocenters. The van der Waals surface area contributed by atoms with E-state index in [0.717, 1.165) is 50.3 Å². The van der Waals surface area contributed by atoms with E-state index in [2.05, 4.69) is 0 Å². The first-order valence-corrected chi connectivity index (χ1v) is 10.3. The lowest BCUT2D eigenvalue weighted by atomic mass is 9.94. The van der Waals surface area contributed by atoms with Crippen LogP contribution in [0.2, 0.25) is 0 Å². The topological polar surface area (TPSA) is 59.1 Å². The van der Waals surface area contributed by atoms with E-state index < -0.39 is 0 Å². The Morgan fingerprint density at radius 3 is 2.82 bits per heavy atom. The number of likely N-dealkylation sites (tertiary alicyclic amines) is 1. The predicted molar refractivity (Wildman–Crippen MR) is 107 cm³/mol. The second kappa shape index (κ2) is 9.92. The highest BCUT2D eigenvalue weighted by atomic mass is 16.5. The highest BCUT2D eigenvalue weighted by Gasteiger charge is 2.32. The first-order chi connectivity index (χ1) is 13.6. The van der Waals surface area contributed by atoms with E-state index in [4.69, 9.17) is 9.47 Å². The van der Waals surface area contributed by atoms with Crippen molar-refractivity contribution in [2.45, 2.75) is 38.6 Å². The normalized spacial score (nSPS) is 20.9. The third kappa shape index (κ3) is 5.47. The molecular formula is C22H32N2O4. The fourth-order valence-corrected chi connectivity index (χ4v) is 4.09. The predicted octanol–water partition coefficient (Wildman–Crippen LogP) is 2.71. The van der Waals surface area contributed by atoms with Crippen LogP contribution in [0.3, 0.4) is 0 Å². The molecule has 1 aromatic rings. The highest BCUT2D eigenvalue weighted by Crippen LogP contribution is 2.24. The average Bonchev–Trinajstić information content (AvgIpc) is 2.74. The van der Waals surface area contributed by atoms with Crippen LogP contribution >= 0.6 is 0 Å². The van der Waals surface area contributed by atoms with Crippen molar-refractivity contribution in [2.24, 2.45) is 11.8 Å². The molecule has 2 heterocycles. The molecule has 0 aliphatic carbocycles. The zero-order valence-electron chi connectivity index (χ0n) is 17.1. The van der Waals surface area contributed by atoms with Gasteiger partial charge in [-0.15, -0.1) is 0 Å². The van der Waals surface area contributed by atoms with Gasteiger partial charge in [0, 0.05) is 46.3 Å². The van der Waals surface area contributed by atoms with Crippen molar-refractivity contribution in [3.8, 4) is 5.75 Å². The summed E-state index contributed by atoms with van der Waals surface area (Å²) >= 11 is 0. The fraction of sp³-hybridized carbons (Fsp3) is 0.636. The number of methoxy groups -OCH3 is 1. The minimum atomic E-state index is -0.108. The Kier molecular flexibility index (Phi) is 7.31. The lowest BCUT2D eigenvalue weighted by Gasteiger charge is -2.34. The van der Waals surface area contributed by atoms with E-state index >= 15 is 0 Å². The summed E-state index contributed by atoms with van der Waals surface area (Å²) in [6.45, 7) is 3.48. The van der Waals surface area contributed by atoms with Gasteiger partial charge in [-0.05, 0) is 49.3 Å². The number of piperidine rings is 1. The van der Waals surface area contributed by atoms with Gasteiger partial charge >= 0.3 is 0 Å². The summed E-state index contributed by atoms with van der Waals surface area (Å²) < 4.78 is 10.7. The molecule has 2 fully saturated rings. The number of amides is 2.